The van der Waals surface area contributed by atoms with Crippen molar-refractivity contribution in [3.63, 3.8) is 0 Å². The molecule has 1 aliphatic heterocycles. The molecule has 0 unspecified atom stereocenters. The van der Waals surface area contributed by atoms with Crippen LogP contribution < -0.4 is 0 Å². The summed E-state index contributed by atoms with van der Waals surface area (Å²) < 4.78 is 12.9. The molecule has 2 amide bonds. The third kappa shape index (κ3) is 4.57. The Morgan fingerprint density at radius 3 is 2.04 bits per heavy atom. The summed E-state index contributed by atoms with van der Waals surface area (Å²) in [5, 5.41) is 10.4. The van der Waals surface area contributed by atoms with Crippen LogP contribution in [-0.2, 0) is 16.0 Å². The normalized spacial score (nSPS) is 19.9. The van der Waals surface area contributed by atoms with Crippen molar-refractivity contribution in [3.05, 3.63) is 35.6 Å². The van der Waals surface area contributed by atoms with E-state index in [-0.39, 0.29) is 30.5 Å². The molecule has 0 aromatic heterocycles. The molecule has 2 fully saturated rings. The lowest BCUT2D eigenvalue weighted by molar-refractivity contribution is -0.142. The molecule has 0 atom stereocenters. The van der Waals surface area contributed by atoms with Crippen molar-refractivity contribution in [2.24, 2.45) is 0 Å². The Balaban J connectivity index is 1.47. The minimum atomic E-state index is -0.827. The van der Waals surface area contributed by atoms with Crippen LogP contribution in [-0.4, -0.2) is 58.5 Å². The van der Waals surface area contributed by atoms with Crippen molar-refractivity contribution in [2.45, 2.75) is 44.1 Å². The van der Waals surface area contributed by atoms with Crippen LogP contribution in [0.1, 0.15) is 37.7 Å². The lowest BCUT2D eigenvalue weighted by Gasteiger charge is -2.36. The second kappa shape index (κ2) is 7.52. The number of nitrogens with zero attached hydrogens (tertiary/aromatic N) is 2. The minimum Gasteiger partial charge on any atom is -0.389 e. The number of aliphatic hydroxyl groups is 1. The highest BCUT2D eigenvalue weighted by atomic mass is 19.1. The summed E-state index contributed by atoms with van der Waals surface area (Å²) in [6.45, 7) is 2.02. The fourth-order valence-corrected chi connectivity index (χ4v) is 3.70. The van der Waals surface area contributed by atoms with E-state index in [0.29, 0.717) is 39.0 Å². The van der Waals surface area contributed by atoms with Crippen molar-refractivity contribution >= 4 is 11.8 Å². The molecule has 1 aromatic rings. The van der Waals surface area contributed by atoms with Gasteiger partial charge in [0.15, 0.2) is 0 Å². The van der Waals surface area contributed by atoms with Gasteiger partial charge in [0, 0.05) is 26.2 Å². The maximum absolute atomic E-state index is 12.9. The smallest absolute Gasteiger partial charge is 0.227 e. The molecule has 2 aliphatic rings. The van der Waals surface area contributed by atoms with E-state index in [1.807, 2.05) is 0 Å². The van der Waals surface area contributed by atoms with Gasteiger partial charge in [0.2, 0.25) is 11.8 Å². The van der Waals surface area contributed by atoms with Gasteiger partial charge in [-0.25, -0.2) is 4.39 Å². The molecular formula is C19H25FN2O3. The lowest BCUT2D eigenvalue weighted by Crippen LogP contribution is -2.52. The van der Waals surface area contributed by atoms with Crippen LogP contribution in [0.15, 0.2) is 24.3 Å². The van der Waals surface area contributed by atoms with Gasteiger partial charge in [-0.2, -0.15) is 0 Å². The van der Waals surface area contributed by atoms with E-state index < -0.39 is 5.60 Å². The summed E-state index contributed by atoms with van der Waals surface area (Å²) in [7, 11) is 0. The van der Waals surface area contributed by atoms with E-state index in [4.69, 9.17) is 0 Å². The van der Waals surface area contributed by atoms with E-state index >= 15 is 0 Å². The molecule has 25 heavy (non-hydrogen) atoms. The van der Waals surface area contributed by atoms with Gasteiger partial charge >= 0.3 is 0 Å². The average Bonchev–Trinajstić information content (AvgIpc) is 3.03. The monoisotopic (exact) mass is 348 g/mol. The van der Waals surface area contributed by atoms with Crippen LogP contribution in [0, 0.1) is 5.82 Å². The molecular weight excluding hydrogens is 323 g/mol. The number of carbonyl (C=O) groups excluding carboxylic acids is 2. The third-order valence-corrected chi connectivity index (χ3v) is 5.27. The molecule has 3 rings (SSSR count). The van der Waals surface area contributed by atoms with Gasteiger partial charge < -0.3 is 14.9 Å². The summed E-state index contributed by atoms with van der Waals surface area (Å²) in [5.74, 6) is -0.338. The van der Waals surface area contributed by atoms with Crippen LogP contribution in [0.25, 0.3) is 0 Å². The van der Waals surface area contributed by atoms with Gasteiger partial charge in [-0.05, 0) is 30.5 Å². The third-order valence-electron chi connectivity index (χ3n) is 5.27. The van der Waals surface area contributed by atoms with Crippen LogP contribution in [0.5, 0.6) is 0 Å². The summed E-state index contributed by atoms with van der Waals surface area (Å²) in [5.41, 5.74) is -0.0412. The van der Waals surface area contributed by atoms with Crippen molar-refractivity contribution in [3.8, 4) is 0 Å². The highest BCUT2D eigenvalue weighted by Gasteiger charge is 2.35. The number of halogens is 1. The number of benzene rings is 1. The first-order chi connectivity index (χ1) is 12.0. The molecule has 1 heterocycles. The zero-order chi connectivity index (χ0) is 17.9. The second-order valence-electron chi connectivity index (χ2n) is 7.17. The van der Waals surface area contributed by atoms with E-state index in [9.17, 15) is 19.1 Å². The first-order valence-electron chi connectivity index (χ1n) is 8.98. The first-order valence-corrected chi connectivity index (χ1v) is 8.98. The SMILES string of the molecule is O=C(Cc1ccc(F)cc1)N1CCN(C(=O)CC2(O)CCCC2)CC1. The van der Waals surface area contributed by atoms with Crippen molar-refractivity contribution in [1.82, 2.24) is 9.80 Å². The summed E-state index contributed by atoms with van der Waals surface area (Å²) >= 11 is 0. The molecule has 1 aromatic carbocycles. The molecule has 0 radical (unpaired) electrons. The van der Waals surface area contributed by atoms with Gasteiger partial charge in [0.25, 0.3) is 0 Å². The van der Waals surface area contributed by atoms with Gasteiger partial charge in [-0.15, -0.1) is 0 Å². The molecule has 0 bridgehead atoms. The van der Waals surface area contributed by atoms with E-state index in [1.165, 1.54) is 12.1 Å². The van der Waals surface area contributed by atoms with Crippen LogP contribution in [0.3, 0.4) is 0 Å². The molecule has 1 saturated heterocycles. The van der Waals surface area contributed by atoms with Crippen molar-refractivity contribution < 1.29 is 19.1 Å². The van der Waals surface area contributed by atoms with Crippen LogP contribution in [0.4, 0.5) is 4.39 Å². The summed E-state index contributed by atoms with van der Waals surface area (Å²) in [4.78, 5) is 28.2. The number of amides is 2. The Kier molecular flexibility index (Phi) is 5.37. The number of carbonyl (C=O) groups is 2. The number of piperazine rings is 1. The number of rotatable bonds is 4. The zero-order valence-electron chi connectivity index (χ0n) is 14.4. The Morgan fingerprint density at radius 1 is 0.960 bits per heavy atom. The Morgan fingerprint density at radius 2 is 1.48 bits per heavy atom. The fourth-order valence-electron chi connectivity index (χ4n) is 3.70. The summed E-state index contributed by atoms with van der Waals surface area (Å²) in [6, 6.07) is 5.95. The van der Waals surface area contributed by atoms with Crippen molar-refractivity contribution in [2.75, 3.05) is 26.2 Å². The molecule has 1 aliphatic carbocycles. The Hall–Kier alpha value is -1.95. The largest absolute Gasteiger partial charge is 0.389 e. The quantitative estimate of drug-likeness (QED) is 0.902. The van der Waals surface area contributed by atoms with Gasteiger partial charge in [-0.1, -0.05) is 25.0 Å². The Bertz CT molecular complexity index is 618. The molecule has 5 nitrogen and oxygen atoms in total. The van der Waals surface area contributed by atoms with E-state index in [1.54, 1.807) is 21.9 Å². The van der Waals surface area contributed by atoms with Crippen molar-refractivity contribution in [1.29, 1.82) is 0 Å². The molecule has 6 heteroatoms. The topological polar surface area (TPSA) is 60.9 Å². The number of hydrogen-bond donors (Lipinski definition) is 1. The van der Waals surface area contributed by atoms with E-state index in [2.05, 4.69) is 0 Å². The first kappa shape index (κ1) is 17.9. The minimum absolute atomic E-state index is 0.00636. The molecule has 0 spiro atoms. The zero-order valence-corrected chi connectivity index (χ0v) is 14.4. The molecule has 136 valence electrons. The van der Waals surface area contributed by atoms with Crippen LogP contribution >= 0.6 is 0 Å². The number of hydrogen-bond acceptors (Lipinski definition) is 3. The highest BCUT2D eigenvalue weighted by Crippen LogP contribution is 2.32. The predicted octanol–water partition coefficient (Wildman–Crippen LogP) is 1.73. The standard InChI is InChI=1S/C19H25FN2O3/c20-16-5-3-15(4-6-16)13-17(23)21-9-11-22(12-10-21)18(24)14-19(25)7-1-2-8-19/h3-6,25H,1-2,7-14H2. The van der Waals surface area contributed by atoms with Gasteiger partial charge in [0.05, 0.1) is 18.4 Å². The second-order valence-corrected chi connectivity index (χ2v) is 7.17. The maximum atomic E-state index is 12.9. The maximum Gasteiger partial charge on any atom is 0.227 e. The van der Waals surface area contributed by atoms with Gasteiger partial charge in [0.1, 0.15) is 5.82 Å². The molecule has 1 N–H and O–H groups in total. The summed E-state index contributed by atoms with van der Waals surface area (Å²) in [6.07, 6.45) is 3.80. The highest BCUT2D eigenvalue weighted by molar-refractivity contribution is 5.80. The predicted molar refractivity (Wildman–Crippen MR) is 91.3 cm³/mol. The lowest BCUT2D eigenvalue weighted by atomic mass is 9.97. The Labute approximate surface area is 147 Å². The average molecular weight is 348 g/mol. The van der Waals surface area contributed by atoms with E-state index in [0.717, 1.165) is 18.4 Å². The van der Waals surface area contributed by atoms with Gasteiger partial charge in [-0.3, -0.25) is 9.59 Å². The fraction of sp³-hybridized carbons (Fsp3) is 0.579. The molecule has 1 saturated carbocycles. The van der Waals surface area contributed by atoms with Crippen LogP contribution in [0.2, 0.25) is 0 Å².